The van der Waals surface area contributed by atoms with Crippen molar-refractivity contribution >= 4 is 22.6 Å². The summed E-state index contributed by atoms with van der Waals surface area (Å²) in [6, 6.07) is 12.3. The molecule has 0 fully saturated rings. The van der Waals surface area contributed by atoms with E-state index in [2.05, 4.69) is 0 Å². The first-order chi connectivity index (χ1) is 10.1. The molecule has 0 amide bonds. The summed E-state index contributed by atoms with van der Waals surface area (Å²) < 4.78 is 11.0. The number of hydrogen-bond donors (Lipinski definition) is 0. The van der Waals surface area contributed by atoms with Crippen LogP contribution in [0.2, 0.25) is 5.02 Å². The molecule has 0 spiro atoms. The topological polar surface area (TPSA) is 39.4 Å². The van der Waals surface area contributed by atoms with Crippen LogP contribution in [0.15, 0.2) is 51.7 Å². The second kappa shape index (κ2) is 5.26. The molecule has 21 heavy (non-hydrogen) atoms. The molecule has 0 bridgehead atoms. The lowest BCUT2D eigenvalue weighted by atomic mass is 10.1. The first kappa shape index (κ1) is 13.7. The van der Waals surface area contributed by atoms with E-state index in [1.807, 2.05) is 31.2 Å². The molecule has 3 rings (SSSR count). The van der Waals surface area contributed by atoms with Gasteiger partial charge in [-0.1, -0.05) is 11.6 Å². The first-order valence-electron chi connectivity index (χ1n) is 6.47. The number of halogens is 1. The SMILES string of the molecule is COc1ccc(-c2cc(=O)c3cc(Cl)c(C)cc3o2)cc1. The van der Waals surface area contributed by atoms with E-state index in [-0.39, 0.29) is 5.43 Å². The highest BCUT2D eigenvalue weighted by atomic mass is 35.5. The monoisotopic (exact) mass is 300 g/mol. The molecule has 4 heteroatoms. The lowest BCUT2D eigenvalue weighted by Gasteiger charge is -2.06. The molecule has 2 aromatic carbocycles. The van der Waals surface area contributed by atoms with E-state index in [1.165, 1.54) is 6.07 Å². The molecular weight excluding hydrogens is 288 g/mol. The highest BCUT2D eigenvalue weighted by molar-refractivity contribution is 6.32. The minimum Gasteiger partial charge on any atom is -0.497 e. The van der Waals surface area contributed by atoms with E-state index >= 15 is 0 Å². The largest absolute Gasteiger partial charge is 0.497 e. The van der Waals surface area contributed by atoms with Crippen molar-refractivity contribution in [2.24, 2.45) is 0 Å². The van der Waals surface area contributed by atoms with Crippen LogP contribution >= 0.6 is 11.6 Å². The maximum absolute atomic E-state index is 12.2. The lowest BCUT2D eigenvalue weighted by Crippen LogP contribution is -2.00. The third kappa shape index (κ3) is 2.52. The van der Waals surface area contributed by atoms with Gasteiger partial charge in [-0.25, -0.2) is 0 Å². The summed E-state index contributed by atoms with van der Waals surface area (Å²) in [6.45, 7) is 1.88. The van der Waals surface area contributed by atoms with Crippen molar-refractivity contribution < 1.29 is 9.15 Å². The van der Waals surface area contributed by atoms with E-state index < -0.39 is 0 Å². The molecule has 0 aliphatic rings. The molecule has 0 radical (unpaired) electrons. The van der Waals surface area contributed by atoms with Crippen molar-refractivity contribution in [1.82, 2.24) is 0 Å². The zero-order valence-corrected chi connectivity index (χ0v) is 12.4. The smallest absolute Gasteiger partial charge is 0.193 e. The lowest BCUT2D eigenvalue weighted by molar-refractivity contribution is 0.415. The molecule has 0 N–H and O–H groups in total. The molecular formula is C17H13ClO3. The molecule has 1 heterocycles. The normalized spacial score (nSPS) is 10.8. The van der Waals surface area contributed by atoms with E-state index in [4.69, 9.17) is 20.8 Å². The van der Waals surface area contributed by atoms with Gasteiger partial charge in [-0.3, -0.25) is 4.79 Å². The Balaban J connectivity index is 2.19. The van der Waals surface area contributed by atoms with Crippen LogP contribution in [0.1, 0.15) is 5.56 Å². The molecule has 1 aromatic heterocycles. The van der Waals surface area contributed by atoms with Crippen LogP contribution in [0, 0.1) is 6.92 Å². The first-order valence-corrected chi connectivity index (χ1v) is 6.85. The Bertz CT molecular complexity index is 864. The standard InChI is InChI=1S/C17H13ClO3/c1-10-7-17-13(8-14(10)18)15(19)9-16(21-17)11-3-5-12(20-2)6-4-11/h3-9H,1-2H3. The van der Waals surface area contributed by atoms with Crippen molar-refractivity contribution in [1.29, 1.82) is 0 Å². The fraction of sp³-hybridized carbons (Fsp3) is 0.118. The molecule has 0 saturated heterocycles. The Kier molecular flexibility index (Phi) is 3.43. The van der Waals surface area contributed by atoms with Gasteiger partial charge in [-0.2, -0.15) is 0 Å². The van der Waals surface area contributed by atoms with Crippen molar-refractivity contribution in [2.45, 2.75) is 6.92 Å². The van der Waals surface area contributed by atoms with Crippen LogP contribution in [0.25, 0.3) is 22.3 Å². The van der Waals surface area contributed by atoms with E-state index in [0.717, 1.165) is 16.9 Å². The Hall–Kier alpha value is -2.26. The third-order valence-corrected chi connectivity index (χ3v) is 3.79. The Morgan fingerprint density at radius 2 is 1.81 bits per heavy atom. The van der Waals surface area contributed by atoms with Crippen LogP contribution in [-0.4, -0.2) is 7.11 Å². The number of rotatable bonds is 2. The Labute approximate surface area is 126 Å². The number of ether oxygens (including phenoxy) is 1. The number of methoxy groups -OCH3 is 1. The molecule has 3 aromatic rings. The van der Waals surface area contributed by atoms with Gasteiger partial charge >= 0.3 is 0 Å². The second-order valence-corrected chi connectivity index (χ2v) is 5.21. The molecule has 0 unspecified atom stereocenters. The van der Waals surface area contributed by atoms with Crippen molar-refractivity contribution in [2.75, 3.05) is 7.11 Å². The van der Waals surface area contributed by atoms with Gasteiger partial charge < -0.3 is 9.15 Å². The summed E-state index contributed by atoms with van der Waals surface area (Å²) in [5, 5.41) is 1.05. The summed E-state index contributed by atoms with van der Waals surface area (Å²) in [4.78, 5) is 12.2. The maximum atomic E-state index is 12.2. The number of benzene rings is 2. The van der Waals surface area contributed by atoms with Crippen LogP contribution < -0.4 is 10.2 Å². The average molecular weight is 301 g/mol. The molecule has 0 aliphatic carbocycles. The molecule has 0 saturated carbocycles. The maximum Gasteiger partial charge on any atom is 0.193 e. The van der Waals surface area contributed by atoms with Crippen molar-refractivity contribution in [3.8, 4) is 17.1 Å². The Morgan fingerprint density at radius 1 is 1.10 bits per heavy atom. The second-order valence-electron chi connectivity index (χ2n) is 4.80. The van der Waals surface area contributed by atoms with Gasteiger partial charge in [0, 0.05) is 16.7 Å². The van der Waals surface area contributed by atoms with Gasteiger partial charge in [0.15, 0.2) is 5.43 Å². The molecule has 106 valence electrons. The number of hydrogen-bond acceptors (Lipinski definition) is 3. The predicted octanol–water partition coefficient (Wildman–Crippen LogP) is 4.43. The van der Waals surface area contributed by atoms with Crippen LogP contribution in [-0.2, 0) is 0 Å². The number of fused-ring (bicyclic) bond motifs is 1. The van der Waals surface area contributed by atoms with Crippen molar-refractivity contribution in [3.63, 3.8) is 0 Å². The minimum absolute atomic E-state index is 0.107. The zero-order valence-electron chi connectivity index (χ0n) is 11.6. The van der Waals surface area contributed by atoms with Gasteiger partial charge in [0.25, 0.3) is 0 Å². The minimum atomic E-state index is -0.107. The fourth-order valence-corrected chi connectivity index (χ4v) is 2.34. The van der Waals surface area contributed by atoms with E-state index in [1.54, 1.807) is 19.2 Å². The third-order valence-electron chi connectivity index (χ3n) is 3.38. The summed E-state index contributed by atoms with van der Waals surface area (Å²) >= 11 is 6.06. The zero-order chi connectivity index (χ0) is 15.0. The van der Waals surface area contributed by atoms with Crippen LogP contribution in [0.5, 0.6) is 5.75 Å². The van der Waals surface area contributed by atoms with E-state index in [0.29, 0.717) is 21.8 Å². The molecule has 0 atom stereocenters. The highest BCUT2D eigenvalue weighted by Gasteiger charge is 2.09. The van der Waals surface area contributed by atoms with Gasteiger partial charge in [0.1, 0.15) is 17.1 Å². The van der Waals surface area contributed by atoms with Gasteiger partial charge in [0.05, 0.1) is 12.5 Å². The summed E-state index contributed by atoms with van der Waals surface area (Å²) in [7, 11) is 1.61. The fourth-order valence-electron chi connectivity index (χ4n) is 2.17. The van der Waals surface area contributed by atoms with Crippen LogP contribution in [0.3, 0.4) is 0 Å². The average Bonchev–Trinajstić information content (AvgIpc) is 2.49. The summed E-state index contributed by atoms with van der Waals surface area (Å²) in [6.07, 6.45) is 0. The summed E-state index contributed by atoms with van der Waals surface area (Å²) in [5.41, 5.74) is 2.13. The van der Waals surface area contributed by atoms with Gasteiger partial charge in [0.2, 0.25) is 0 Å². The van der Waals surface area contributed by atoms with Gasteiger partial charge in [-0.05, 0) is 48.9 Å². The molecule has 3 nitrogen and oxygen atoms in total. The number of aryl methyl sites for hydroxylation is 1. The summed E-state index contributed by atoms with van der Waals surface area (Å²) in [5.74, 6) is 1.28. The van der Waals surface area contributed by atoms with Crippen LogP contribution in [0.4, 0.5) is 0 Å². The Morgan fingerprint density at radius 3 is 2.48 bits per heavy atom. The van der Waals surface area contributed by atoms with E-state index in [9.17, 15) is 4.79 Å². The highest BCUT2D eigenvalue weighted by Crippen LogP contribution is 2.27. The van der Waals surface area contributed by atoms with Gasteiger partial charge in [-0.15, -0.1) is 0 Å². The predicted molar refractivity (Wildman–Crippen MR) is 84.2 cm³/mol. The molecule has 0 aliphatic heterocycles. The van der Waals surface area contributed by atoms with Crippen molar-refractivity contribution in [3.05, 3.63) is 63.3 Å². The quantitative estimate of drug-likeness (QED) is 0.703.